The van der Waals surface area contributed by atoms with Crippen LogP contribution < -0.4 is 10.1 Å². The van der Waals surface area contributed by atoms with Crippen molar-refractivity contribution in [3.63, 3.8) is 0 Å². The lowest BCUT2D eigenvalue weighted by atomic mass is 10.1. The van der Waals surface area contributed by atoms with Crippen LogP contribution in [0.1, 0.15) is 35.7 Å². The van der Waals surface area contributed by atoms with Crippen LogP contribution in [0.25, 0.3) is 11.5 Å². The highest BCUT2D eigenvalue weighted by Crippen LogP contribution is 2.21. The summed E-state index contributed by atoms with van der Waals surface area (Å²) in [5, 5.41) is 10.5. The van der Waals surface area contributed by atoms with Crippen LogP contribution in [0.2, 0.25) is 0 Å². The van der Waals surface area contributed by atoms with Gasteiger partial charge in [0.25, 0.3) is 5.91 Å². The standard InChI is InChI=1S/C20H21N3O3/c1-3-4-13-25-17-11-9-15(10-12-17)18(24)21-20-23-22-19(26-20)16-7-5-14(2)6-8-16/h5-12H,3-4,13H2,1-2H3,(H,21,23,24). The van der Waals surface area contributed by atoms with E-state index in [0.29, 0.717) is 18.1 Å². The van der Waals surface area contributed by atoms with Crippen molar-refractivity contribution in [2.75, 3.05) is 11.9 Å². The fourth-order valence-corrected chi connectivity index (χ4v) is 2.29. The molecule has 134 valence electrons. The van der Waals surface area contributed by atoms with E-state index in [1.165, 1.54) is 0 Å². The van der Waals surface area contributed by atoms with Crippen LogP contribution in [0.15, 0.2) is 52.9 Å². The maximum absolute atomic E-state index is 12.3. The number of benzene rings is 2. The summed E-state index contributed by atoms with van der Waals surface area (Å²) in [6.45, 7) is 4.79. The zero-order chi connectivity index (χ0) is 18.4. The number of rotatable bonds is 7. The highest BCUT2D eigenvalue weighted by Gasteiger charge is 2.13. The molecule has 0 aliphatic carbocycles. The summed E-state index contributed by atoms with van der Waals surface area (Å²) in [7, 11) is 0. The molecular formula is C20H21N3O3. The van der Waals surface area contributed by atoms with Crippen molar-refractivity contribution in [2.24, 2.45) is 0 Å². The van der Waals surface area contributed by atoms with Gasteiger partial charge in [-0.15, -0.1) is 5.10 Å². The molecule has 1 aromatic heterocycles. The van der Waals surface area contributed by atoms with E-state index < -0.39 is 0 Å². The van der Waals surface area contributed by atoms with Gasteiger partial charge in [-0.05, 0) is 49.7 Å². The van der Waals surface area contributed by atoms with Gasteiger partial charge in [0.15, 0.2) is 0 Å². The average molecular weight is 351 g/mol. The van der Waals surface area contributed by atoms with Gasteiger partial charge in [-0.3, -0.25) is 10.1 Å². The lowest BCUT2D eigenvalue weighted by Crippen LogP contribution is -2.12. The number of hydrogen-bond donors (Lipinski definition) is 1. The smallest absolute Gasteiger partial charge is 0.322 e. The first-order valence-corrected chi connectivity index (χ1v) is 8.60. The molecule has 0 unspecified atom stereocenters. The summed E-state index contributed by atoms with van der Waals surface area (Å²) in [5.41, 5.74) is 2.43. The molecule has 0 aliphatic heterocycles. The minimum absolute atomic E-state index is 0.0637. The van der Waals surface area contributed by atoms with Crippen molar-refractivity contribution in [2.45, 2.75) is 26.7 Å². The van der Waals surface area contributed by atoms with Gasteiger partial charge in [-0.25, -0.2) is 0 Å². The molecule has 1 heterocycles. The number of hydrogen-bond acceptors (Lipinski definition) is 5. The van der Waals surface area contributed by atoms with Crippen molar-refractivity contribution >= 4 is 11.9 Å². The Morgan fingerprint density at radius 2 is 1.81 bits per heavy atom. The Labute approximate surface area is 152 Å². The molecule has 1 amide bonds. The maximum Gasteiger partial charge on any atom is 0.322 e. The minimum Gasteiger partial charge on any atom is -0.494 e. The molecular weight excluding hydrogens is 330 g/mol. The van der Waals surface area contributed by atoms with Crippen LogP contribution in [0, 0.1) is 6.92 Å². The molecule has 3 aromatic rings. The first-order chi connectivity index (χ1) is 12.7. The Morgan fingerprint density at radius 1 is 1.08 bits per heavy atom. The normalized spacial score (nSPS) is 10.5. The molecule has 0 spiro atoms. The molecule has 0 atom stereocenters. The SMILES string of the molecule is CCCCOc1ccc(C(=O)Nc2nnc(-c3ccc(C)cc3)o2)cc1. The van der Waals surface area contributed by atoms with Gasteiger partial charge in [0.2, 0.25) is 5.89 Å². The first kappa shape index (κ1) is 17.7. The zero-order valence-corrected chi connectivity index (χ0v) is 14.9. The molecule has 0 aliphatic rings. The Kier molecular flexibility index (Phi) is 5.63. The molecule has 2 aromatic carbocycles. The van der Waals surface area contributed by atoms with E-state index >= 15 is 0 Å². The Balaban J connectivity index is 1.62. The lowest BCUT2D eigenvalue weighted by molar-refractivity contribution is 0.102. The van der Waals surface area contributed by atoms with Gasteiger partial charge < -0.3 is 9.15 Å². The molecule has 0 fully saturated rings. The monoisotopic (exact) mass is 351 g/mol. The molecule has 1 N–H and O–H groups in total. The number of carbonyl (C=O) groups is 1. The van der Waals surface area contributed by atoms with Crippen molar-refractivity contribution in [3.8, 4) is 17.2 Å². The Hall–Kier alpha value is -3.15. The summed E-state index contributed by atoms with van der Waals surface area (Å²) >= 11 is 0. The van der Waals surface area contributed by atoms with Crippen molar-refractivity contribution in [1.29, 1.82) is 0 Å². The van der Waals surface area contributed by atoms with Gasteiger partial charge in [0, 0.05) is 11.1 Å². The van der Waals surface area contributed by atoms with Crippen LogP contribution in [0.3, 0.4) is 0 Å². The Bertz CT molecular complexity index is 855. The van der Waals surface area contributed by atoms with Crippen LogP contribution in [-0.2, 0) is 0 Å². The fraction of sp³-hybridized carbons (Fsp3) is 0.250. The van der Waals surface area contributed by atoms with E-state index in [-0.39, 0.29) is 11.9 Å². The first-order valence-electron chi connectivity index (χ1n) is 8.60. The van der Waals surface area contributed by atoms with Gasteiger partial charge in [-0.2, -0.15) is 0 Å². The summed E-state index contributed by atoms with van der Waals surface area (Å²) in [6, 6.07) is 14.7. The van der Waals surface area contributed by atoms with Gasteiger partial charge in [0.05, 0.1) is 6.61 Å². The third kappa shape index (κ3) is 4.47. The van der Waals surface area contributed by atoms with E-state index in [9.17, 15) is 4.79 Å². The second kappa shape index (κ2) is 8.29. The number of nitrogens with zero attached hydrogens (tertiary/aromatic N) is 2. The summed E-state index contributed by atoms with van der Waals surface area (Å²) in [5.74, 6) is 0.790. The highest BCUT2D eigenvalue weighted by molar-refractivity contribution is 6.03. The number of amides is 1. The number of carbonyl (C=O) groups excluding carboxylic acids is 1. The molecule has 26 heavy (non-hydrogen) atoms. The number of ether oxygens (including phenoxy) is 1. The number of anilines is 1. The van der Waals surface area contributed by atoms with Crippen molar-refractivity contribution < 1.29 is 13.9 Å². The predicted octanol–water partition coefficient (Wildman–Crippen LogP) is 4.48. The largest absolute Gasteiger partial charge is 0.494 e. The molecule has 3 rings (SSSR count). The van der Waals surface area contributed by atoms with Gasteiger partial charge in [-0.1, -0.05) is 36.1 Å². The van der Waals surface area contributed by atoms with E-state index in [0.717, 1.165) is 29.7 Å². The molecule has 0 saturated heterocycles. The van der Waals surface area contributed by atoms with Crippen molar-refractivity contribution in [3.05, 3.63) is 59.7 Å². The third-order valence-corrected chi connectivity index (χ3v) is 3.83. The summed E-state index contributed by atoms with van der Waals surface area (Å²) < 4.78 is 11.1. The van der Waals surface area contributed by atoms with Gasteiger partial charge >= 0.3 is 6.01 Å². The van der Waals surface area contributed by atoms with Crippen LogP contribution in [-0.4, -0.2) is 22.7 Å². The maximum atomic E-state index is 12.3. The second-order valence-electron chi connectivity index (χ2n) is 5.96. The quantitative estimate of drug-likeness (QED) is 0.635. The molecule has 6 nitrogen and oxygen atoms in total. The predicted molar refractivity (Wildman–Crippen MR) is 99.3 cm³/mol. The van der Waals surface area contributed by atoms with E-state index in [2.05, 4.69) is 22.4 Å². The third-order valence-electron chi connectivity index (χ3n) is 3.83. The second-order valence-corrected chi connectivity index (χ2v) is 5.96. The molecule has 6 heteroatoms. The average Bonchev–Trinajstić information content (AvgIpc) is 3.11. The zero-order valence-electron chi connectivity index (χ0n) is 14.9. The number of unbranched alkanes of at least 4 members (excludes halogenated alkanes) is 1. The number of aromatic nitrogens is 2. The van der Waals surface area contributed by atoms with Crippen LogP contribution >= 0.6 is 0 Å². The van der Waals surface area contributed by atoms with Gasteiger partial charge in [0.1, 0.15) is 5.75 Å². The minimum atomic E-state index is -0.316. The fourth-order valence-electron chi connectivity index (χ4n) is 2.29. The summed E-state index contributed by atoms with van der Waals surface area (Å²) in [4.78, 5) is 12.3. The van der Waals surface area contributed by atoms with E-state index in [1.807, 2.05) is 31.2 Å². The number of aryl methyl sites for hydroxylation is 1. The number of nitrogens with one attached hydrogen (secondary N) is 1. The highest BCUT2D eigenvalue weighted by atomic mass is 16.5. The molecule has 0 bridgehead atoms. The van der Waals surface area contributed by atoms with Crippen LogP contribution in [0.5, 0.6) is 5.75 Å². The summed E-state index contributed by atoms with van der Waals surface area (Å²) in [6.07, 6.45) is 2.08. The van der Waals surface area contributed by atoms with E-state index in [1.54, 1.807) is 24.3 Å². The lowest BCUT2D eigenvalue weighted by Gasteiger charge is -2.06. The van der Waals surface area contributed by atoms with Crippen molar-refractivity contribution in [1.82, 2.24) is 10.2 Å². The topological polar surface area (TPSA) is 77.2 Å². The van der Waals surface area contributed by atoms with Crippen LogP contribution in [0.4, 0.5) is 6.01 Å². The van der Waals surface area contributed by atoms with E-state index in [4.69, 9.17) is 9.15 Å². The Morgan fingerprint density at radius 3 is 2.50 bits per heavy atom. The molecule has 0 saturated carbocycles. The molecule has 0 radical (unpaired) electrons.